The van der Waals surface area contributed by atoms with E-state index < -0.39 is 9.05 Å². The van der Waals surface area contributed by atoms with Crippen LogP contribution >= 0.6 is 10.7 Å². The molecule has 1 rings (SSSR count). The predicted molar refractivity (Wildman–Crippen MR) is 65.5 cm³/mol. The van der Waals surface area contributed by atoms with Gasteiger partial charge in [0.25, 0.3) is 0 Å². The molecule has 0 bridgehead atoms. The Kier molecular flexibility index (Phi) is 5.21. The SMILES string of the molecule is Cc1cc(OCCCCS(=O)(=O)Cl)ccc1F. The van der Waals surface area contributed by atoms with E-state index in [2.05, 4.69) is 0 Å². The summed E-state index contributed by atoms with van der Waals surface area (Å²) in [5.41, 5.74) is 0.519. The first-order valence-corrected chi connectivity index (χ1v) is 7.67. The molecule has 96 valence electrons. The smallest absolute Gasteiger partial charge is 0.232 e. The first kappa shape index (κ1) is 14.3. The molecule has 0 aliphatic carbocycles. The minimum atomic E-state index is -3.41. The number of ether oxygens (including phenoxy) is 1. The van der Waals surface area contributed by atoms with Crippen LogP contribution < -0.4 is 4.74 Å². The van der Waals surface area contributed by atoms with Crippen molar-refractivity contribution in [2.24, 2.45) is 0 Å². The third kappa shape index (κ3) is 5.89. The Labute approximate surface area is 105 Å². The third-order valence-electron chi connectivity index (χ3n) is 2.18. The Balaban J connectivity index is 2.29. The van der Waals surface area contributed by atoms with E-state index in [0.717, 1.165) is 0 Å². The number of unbranched alkanes of at least 4 members (excludes halogenated alkanes) is 1. The van der Waals surface area contributed by atoms with Crippen LogP contribution in [0.2, 0.25) is 0 Å². The molecule has 0 amide bonds. The van der Waals surface area contributed by atoms with Crippen LogP contribution in [0.15, 0.2) is 18.2 Å². The first-order chi connectivity index (χ1) is 7.88. The summed E-state index contributed by atoms with van der Waals surface area (Å²) in [6.45, 7) is 2.04. The van der Waals surface area contributed by atoms with E-state index in [1.807, 2.05) is 0 Å². The van der Waals surface area contributed by atoms with Gasteiger partial charge in [-0.2, -0.15) is 0 Å². The molecule has 0 saturated carbocycles. The van der Waals surface area contributed by atoms with Crippen molar-refractivity contribution in [3.05, 3.63) is 29.6 Å². The molecule has 0 atom stereocenters. The van der Waals surface area contributed by atoms with Gasteiger partial charge in [0, 0.05) is 10.7 Å². The van der Waals surface area contributed by atoms with E-state index in [1.165, 1.54) is 6.07 Å². The van der Waals surface area contributed by atoms with Gasteiger partial charge < -0.3 is 4.74 Å². The fourth-order valence-corrected chi connectivity index (χ4v) is 2.15. The van der Waals surface area contributed by atoms with Gasteiger partial charge in [-0.3, -0.25) is 0 Å². The molecule has 0 saturated heterocycles. The molecule has 0 aromatic heterocycles. The lowest BCUT2D eigenvalue weighted by molar-refractivity contribution is 0.309. The molecule has 6 heteroatoms. The van der Waals surface area contributed by atoms with Crippen molar-refractivity contribution in [1.82, 2.24) is 0 Å². The van der Waals surface area contributed by atoms with E-state index >= 15 is 0 Å². The van der Waals surface area contributed by atoms with Crippen LogP contribution in [-0.2, 0) is 9.05 Å². The van der Waals surface area contributed by atoms with Crippen molar-refractivity contribution in [3.8, 4) is 5.75 Å². The predicted octanol–water partition coefficient (Wildman–Crippen LogP) is 2.86. The summed E-state index contributed by atoms with van der Waals surface area (Å²) in [6.07, 6.45) is 1.04. The molecule has 17 heavy (non-hydrogen) atoms. The van der Waals surface area contributed by atoms with Crippen LogP contribution in [0.1, 0.15) is 18.4 Å². The van der Waals surface area contributed by atoms with E-state index in [9.17, 15) is 12.8 Å². The fourth-order valence-electron chi connectivity index (χ4n) is 1.27. The number of hydrogen-bond acceptors (Lipinski definition) is 3. The first-order valence-electron chi connectivity index (χ1n) is 5.20. The maximum absolute atomic E-state index is 12.9. The van der Waals surface area contributed by atoms with Crippen molar-refractivity contribution in [2.45, 2.75) is 19.8 Å². The van der Waals surface area contributed by atoms with Gasteiger partial charge in [-0.25, -0.2) is 12.8 Å². The van der Waals surface area contributed by atoms with Crippen molar-refractivity contribution in [1.29, 1.82) is 0 Å². The van der Waals surface area contributed by atoms with E-state index in [1.54, 1.807) is 19.1 Å². The molecule has 3 nitrogen and oxygen atoms in total. The monoisotopic (exact) mass is 280 g/mol. The Bertz CT molecular complexity index is 474. The summed E-state index contributed by atoms with van der Waals surface area (Å²) in [5.74, 6) is 0.253. The topological polar surface area (TPSA) is 43.4 Å². The van der Waals surface area contributed by atoms with Crippen LogP contribution in [0, 0.1) is 12.7 Å². The highest BCUT2D eigenvalue weighted by atomic mass is 35.7. The highest BCUT2D eigenvalue weighted by Gasteiger charge is 2.04. The second kappa shape index (κ2) is 6.21. The normalized spacial score (nSPS) is 11.5. The highest BCUT2D eigenvalue weighted by Crippen LogP contribution is 2.16. The van der Waals surface area contributed by atoms with Gasteiger partial charge in [0.15, 0.2) is 0 Å². The summed E-state index contributed by atoms with van der Waals surface area (Å²) >= 11 is 0. The van der Waals surface area contributed by atoms with Gasteiger partial charge in [-0.1, -0.05) is 0 Å². The summed E-state index contributed by atoms with van der Waals surface area (Å²) in [7, 11) is 1.64. The molecule has 0 unspecified atom stereocenters. The third-order valence-corrected chi connectivity index (χ3v) is 3.42. The molecule has 0 spiro atoms. The number of rotatable bonds is 6. The Morgan fingerprint density at radius 1 is 1.35 bits per heavy atom. The van der Waals surface area contributed by atoms with E-state index in [4.69, 9.17) is 15.4 Å². The Morgan fingerprint density at radius 3 is 2.65 bits per heavy atom. The zero-order valence-electron chi connectivity index (χ0n) is 9.45. The maximum atomic E-state index is 12.9. The largest absolute Gasteiger partial charge is 0.494 e. The Hall–Kier alpha value is -0.810. The van der Waals surface area contributed by atoms with Crippen molar-refractivity contribution in [2.75, 3.05) is 12.4 Å². The van der Waals surface area contributed by atoms with Gasteiger partial charge in [0.2, 0.25) is 9.05 Å². The lowest BCUT2D eigenvalue weighted by Crippen LogP contribution is -2.02. The van der Waals surface area contributed by atoms with E-state index in [0.29, 0.717) is 30.8 Å². The maximum Gasteiger partial charge on any atom is 0.232 e. The number of aryl methyl sites for hydroxylation is 1. The number of hydrogen-bond donors (Lipinski definition) is 0. The Morgan fingerprint density at radius 2 is 2.06 bits per heavy atom. The summed E-state index contributed by atoms with van der Waals surface area (Å²) in [5, 5.41) is 0. The van der Waals surface area contributed by atoms with Crippen LogP contribution in [-0.4, -0.2) is 20.8 Å². The molecule has 0 aliphatic rings. The lowest BCUT2D eigenvalue weighted by atomic mass is 10.2. The number of benzene rings is 1. The van der Waals surface area contributed by atoms with Gasteiger partial charge in [0.05, 0.1) is 12.4 Å². The summed E-state index contributed by atoms with van der Waals surface area (Å²) < 4.78 is 39.5. The molecule has 1 aromatic carbocycles. The average molecular weight is 281 g/mol. The standard InChI is InChI=1S/C11H14ClFO3S/c1-9-8-10(4-5-11(9)13)16-6-2-3-7-17(12,14)15/h4-5,8H,2-3,6-7H2,1H3. The van der Waals surface area contributed by atoms with Crippen molar-refractivity contribution >= 4 is 19.7 Å². The van der Waals surface area contributed by atoms with Gasteiger partial charge in [-0.05, 0) is 43.5 Å². The van der Waals surface area contributed by atoms with E-state index in [-0.39, 0.29) is 11.6 Å². The molecule has 1 aromatic rings. The zero-order valence-corrected chi connectivity index (χ0v) is 11.0. The van der Waals surface area contributed by atoms with Crippen LogP contribution in [0.4, 0.5) is 4.39 Å². The van der Waals surface area contributed by atoms with Crippen LogP contribution in [0.3, 0.4) is 0 Å². The fraction of sp³-hybridized carbons (Fsp3) is 0.455. The molecular formula is C11H14ClFO3S. The molecular weight excluding hydrogens is 267 g/mol. The van der Waals surface area contributed by atoms with Crippen LogP contribution in [0.5, 0.6) is 5.75 Å². The second-order valence-electron chi connectivity index (χ2n) is 3.71. The molecule has 0 N–H and O–H groups in total. The number of halogens is 2. The molecule has 0 heterocycles. The van der Waals surface area contributed by atoms with Crippen LogP contribution in [0.25, 0.3) is 0 Å². The minimum Gasteiger partial charge on any atom is -0.494 e. The van der Waals surface area contributed by atoms with Gasteiger partial charge >= 0.3 is 0 Å². The molecule has 0 aliphatic heterocycles. The quantitative estimate of drug-likeness (QED) is 0.594. The van der Waals surface area contributed by atoms with Gasteiger partial charge in [0.1, 0.15) is 11.6 Å². The van der Waals surface area contributed by atoms with Crippen molar-refractivity contribution in [3.63, 3.8) is 0 Å². The molecule has 0 fully saturated rings. The minimum absolute atomic E-state index is 0.0552. The second-order valence-corrected chi connectivity index (χ2v) is 6.61. The zero-order chi connectivity index (χ0) is 12.9. The molecule has 0 radical (unpaired) electrons. The van der Waals surface area contributed by atoms with Crippen molar-refractivity contribution < 1.29 is 17.5 Å². The average Bonchev–Trinajstić information content (AvgIpc) is 2.21. The highest BCUT2D eigenvalue weighted by molar-refractivity contribution is 8.13. The lowest BCUT2D eigenvalue weighted by Gasteiger charge is -2.06. The summed E-state index contributed by atoms with van der Waals surface area (Å²) in [4.78, 5) is 0. The van der Waals surface area contributed by atoms with Gasteiger partial charge in [-0.15, -0.1) is 0 Å². The summed E-state index contributed by atoms with van der Waals surface area (Å²) in [6, 6.07) is 4.49.